The van der Waals surface area contributed by atoms with Gasteiger partial charge < -0.3 is 24.3 Å². The summed E-state index contributed by atoms with van der Waals surface area (Å²) in [6.45, 7) is 2.06. The van der Waals surface area contributed by atoms with E-state index in [9.17, 15) is 14.9 Å². The second kappa shape index (κ2) is 9.53. The van der Waals surface area contributed by atoms with E-state index >= 15 is 0 Å². The number of anilines is 1. The van der Waals surface area contributed by atoms with Crippen LogP contribution in [0.15, 0.2) is 39.7 Å². The summed E-state index contributed by atoms with van der Waals surface area (Å²) in [5, 5.41) is 19.3. The highest BCUT2D eigenvalue weighted by atomic mass is 32.1. The van der Waals surface area contributed by atoms with Crippen LogP contribution in [0, 0.1) is 18.3 Å². The Bertz CT molecular complexity index is 1190. The van der Waals surface area contributed by atoms with Crippen molar-refractivity contribution >= 4 is 34.4 Å². The SMILES string of the molecule is Cc1nocc1CNC(=O)OC1CCc2c(sc(NC(=O)/C=C/c3ccco3)c2C#N)C1. The molecule has 164 valence electrons. The number of aromatic nitrogens is 1. The molecule has 0 fully saturated rings. The average Bonchev–Trinajstić information content (AvgIpc) is 3.50. The first kappa shape index (κ1) is 21.4. The zero-order valence-corrected chi connectivity index (χ0v) is 18.0. The largest absolute Gasteiger partial charge is 0.465 e. The maximum absolute atomic E-state index is 12.3. The lowest BCUT2D eigenvalue weighted by Crippen LogP contribution is -2.31. The standard InChI is InChI=1S/C22H20N4O5S/c1-13-14(12-30-26-13)11-24-22(28)31-16-4-6-17-18(10-23)21(32-19(17)9-16)25-20(27)7-5-15-3-2-8-29-15/h2-3,5,7-8,12,16H,4,6,9,11H2,1H3,(H,24,28)(H,25,27)/b7-5+. The van der Waals surface area contributed by atoms with Gasteiger partial charge in [-0.2, -0.15) is 5.26 Å². The fraction of sp³-hybridized carbons (Fsp3) is 0.273. The summed E-state index contributed by atoms with van der Waals surface area (Å²) in [6.07, 6.45) is 6.77. The Morgan fingerprint density at radius 2 is 2.34 bits per heavy atom. The molecule has 3 aromatic heterocycles. The number of carbonyl (C=O) groups excluding carboxylic acids is 2. The number of rotatable bonds is 6. The average molecular weight is 452 g/mol. The van der Waals surface area contributed by atoms with Crippen LogP contribution < -0.4 is 10.6 Å². The molecular formula is C22H20N4O5S. The molecule has 2 N–H and O–H groups in total. The van der Waals surface area contributed by atoms with Gasteiger partial charge in [0.25, 0.3) is 0 Å². The van der Waals surface area contributed by atoms with Gasteiger partial charge in [0.05, 0.1) is 24.1 Å². The minimum Gasteiger partial charge on any atom is -0.465 e. The third-order valence-corrected chi connectivity index (χ3v) is 6.23. The molecule has 10 heteroatoms. The van der Waals surface area contributed by atoms with Crippen molar-refractivity contribution in [2.24, 2.45) is 0 Å². The molecule has 0 saturated carbocycles. The van der Waals surface area contributed by atoms with E-state index < -0.39 is 6.09 Å². The predicted molar refractivity (Wildman–Crippen MR) is 116 cm³/mol. The number of thiophene rings is 1. The highest BCUT2D eigenvalue weighted by molar-refractivity contribution is 7.16. The summed E-state index contributed by atoms with van der Waals surface area (Å²) in [6, 6.07) is 5.66. The minimum absolute atomic E-state index is 0.269. The number of alkyl carbamates (subject to hydrolysis) is 1. The van der Waals surface area contributed by atoms with Crippen molar-refractivity contribution in [1.82, 2.24) is 10.5 Å². The predicted octanol–water partition coefficient (Wildman–Crippen LogP) is 3.94. The first-order chi connectivity index (χ1) is 15.5. The second-order valence-electron chi connectivity index (χ2n) is 7.21. The maximum atomic E-state index is 12.3. The Morgan fingerprint density at radius 3 is 3.06 bits per heavy atom. The number of furan rings is 1. The highest BCUT2D eigenvalue weighted by Crippen LogP contribution is 2.38. The number of fused-ring (bicyclic) bond motifs is 1. The van der Waals surface area contributed by atoms with Crippen LogP contribution in [0.25, 0.3) is 6.08 Å². The van der Waals surface area contributed by atoms with Crippen molar-refractivity contribution in [3.8, 4) is 6.07 Å². The van der Waals surface area contributed by atoms with Crippen molar-refractivity contribution in [2.75, 3.05) is 5.32 Å². The fourth-order valence-electron chi connectivity index (χ4n) is 3.40. The summed E-state index contributed by atoms with van der Waals surface area (Å²) >= 11 is 1.34. The number of hydrogen-bond donors (Lipinski definition) is 2. The molecule has 1 unspecified atom stereocenters. The van der Waals surface area contributed by atoms with Gasteiger partial charge in [-0.25, -0.2) is 4.79 Å². The van der Waals surface area contributed by atoms with Gasteiger partial charge in [-0.05, 0) is 43.5 Å². The van der Waals surface area contributed by atoms with Crippen LogP contribution in [0.2, 0.25) is 0 Å². The molecule has 1 aliphatic rings. The number of nitrogens with one attached hydrogen (secondary N) is 2. The quantitative estimate of drug-likeness (QED) is 0.542. The van der Waals surface area contributed by atoms with Crippen LogP contribution in [-0.4, -0.2) is 23.3 Å². The van der Waals surface area contributed by atoms with Gasteiger partial charge in [0.1, 0.15) is 29.2 Å². The lowest BCUT2D eigenvalue weighted by Gasteiger charge is -2.22. The molecule has 32 heavy (non-hydrogen) atoms. The van der Waals surface area contributed by atoms with E-state index in [4.69, 9.17) is 13.7 Å². The molecule has 9 nitrogen and oxygen atoms in total. The monoisotopic (exact) mass is 452 g/mol. The Kier molecular flexibility index (Phi) is 6.37. The molecule has 4 rings (SSSR count). The molecule has 0 aromatic carbocycles. The Hall–Kier alpha value is -3.84. The van der Waals surface area contributed by atoms with Crippen LogP contribution in [0.4, 0.5) is 9.80 Å². The van der Waals surface area contributed by atoms with Crippen molar-refractivity contribution in [3.63, 3.8) is 0 Å². The van der Waals surface area contributed by atoms with Crippen LogP contribution in [0.1, 0.15) is 39.4 Å². The Labute approximate surface area is 187 Å². The molecule has 1 atom stereocenters. The topological polar surface area (TPSA) is 130 Å². The maximum Gasteiger partial charge on any atom is 0.407 e. The van der Waals surface area contributed by atoms with E-state index in [2.05, 4.69) is 21.9 Å². The van der Waals surface area contributed by atoms with E-state index in [0.29, 0.717) is 41.3 Å². The van der Waals surface area contributed by atoms with Crippen LogP contribution in [-0.2, 0) is 28.9 Å². The molecular weight excluding hydrogens is 432 g/mol. The lowest BCUT2D eigenvalue weighted by molar-refractivity contribution is -0.111. The number of amides is 2. The van der Waals surface area contributed by atoms with E-state index in [1.54, 1.807) is 25.1 Å². The molecule has 0 bridgehead atoms. The molecule has 3 heterocycles. The van der Waals surface area contributed by atoms with Crippen molar-refractivity contribution < 1.29 is 23.3 Å². The van der Waals surface area contributed by atoms with Crippen LogP contribution >= 0.6 is 11.3 Å². The lowest BCUT2D eigenvalue weighted by atomic mass is 9.94. The molecule has 2 amide bonds. The number of aryl methyl sites for hydroxylation is 1. The molecule has 1 aliphatic carbocycles. The van der Waals surface area contributed by atoms with E-state index in [0.717, 1.165) is 16.0 Å². The zero-order valence-electron chi connectivity index (χ0n) is 17.2. The molecule has 0 spiro atoms. The third-order valence-electron chi connectivity index (χ3n) is 5.06. The Balaban J connectivity index is 1.36. The van der Waals surface area contributed by atoms with Gasteiger partial charge in [0.2, 0.25) is 5.91 Å². The van der Waals surface area contributed by atoms with Gasteiger partial charge >= 0.3 is 6.09 Å². The number of ether oxygens (including phenoxy) is 1. The van der Waals surface area contributed by atoms with Crippen molar-refractivity contribution in [1.29, 1.82) is 5.26 Å². The van der Waals surface area contributed by atoms with Crippen LogP contribution in [0.3, 0.4) is 0 Å². The third kappa shape index (κ3) is 4.90. The highest BCUT2D eigenvalue weighted by Gasteiger charge is 2.28. The van der Waals surface area contributed by atoms with Crippen LogP contribution in [0.5, 0.6) is 0 Å². The van der Waals surface area contributed by atoms with Gasteiger partial charge in [-0.1, -0.05) is 5.16 Å². The molecule has 0 radical (unpaired) electrons. The summed E-state index contributed by atoms with van der Waals surface area (Å²) in [4.78, 5) is 25.4. The van der Waals surface area contributed by atoms with Gasteiger partial charge in [-0.3, -0.25) is 4.79 Å². The van der Waals surface area contributed by atoms with Crippen molar-refractivity contribution in [3.05, 3.63) is 63.8 Å². The first-order valence-electron chi connectivity index (χ1n) is 9.95. The Morgan fingerprint density at radius 1 is 1.47 bits per heavy atom. The normalized spacial score (nSPS) is 15.2. The van der Waals surface area contributed by atoms with E-state index in [1.165, 1.54) is 29.9 Å². The molecule has 0 aliphatic heterocycles. The fourth-order valence-corrected chi connectivity index (χ4v) is 4.67. The number of nitrogens with zero attached hydrogens (tertiary/aromatic N) is 2. The van der Waals surface area contributed by atoms with Crippen molar-refractivity contribution in [2.45, 2.75) is 38.8 Å². The summed E-state index contributed by atoms with van der Waals surface area (Å²) < 4.78 is 15.6. The molecule has 3 aromatic rings. The molecule has 0 saturated heterocycles. The number of hydrogen-bond acceptors (Lipinski definition) is 8. The van der Waals surface area contributed by atoms with Gasteiger partial charge in [0, 0.05) is 22.9 Å². The number of carbonyl (C=O) groups is 2. The van der Waals surface area contributed by atoms with Gasteiger partial charge in [0.15, 0.2) is 0 Å². The van der Waals surface area contributed by atoms with E-state index in [-0.39, 0.29) is 18.6 Å². The number of nitriles is 1. The zero-order chi connectivity index (χ0) is 22.5. The van der Waals surface area contributed by atoms with E-state index in [1.807, 2.05) is 0 Å². The smallest absolute Gasteiger partial charge is 0.407 e. The summed E-state index contributed by atoms with van der Waals surface area (Å²) in [5.74, 6) is 0.205. The minimum atomic E-state index is -0.521. The first-order valence-corrected chi connectivity index (χ1v) is 10.8. The second-order valence-corrected chi connectivity index (χ2v) is 8.31. The summed E-state index contributed by atoms with van der Waals surface area (Å²) in [7, 11) is 0. The van der Waals surface area contributed by atoms with Gasteiger partial charge in [-0.15, -0.1) is 11.3 Å². The summed E-state index contributed by atoms with van der Waals surface area (Å²) in [5.41, 5.74) is 2.87.